The summed E-state index contributed by atoms with van der Waals surface area (Å²) in [4.78, 5) is 11.9. The number of rotatable bonds is 2. The van der Waals surface area contributed by atoms with Crippen LogP contribution in [0.3, 0.4) is 0 Å². The molecule has 4 nitrogen and oxygen atoms in total. The van der Waals surface area contributed by atoms with Gasteiger partial charge in [-0.2, -0.15) is 0 Å². The summed E-state index contributed by atoms with van der Waals surface area (Å²) in [6.45, 7) is 1.81. The third-order valence-electron chi connectivity index (χ3n) is 3.72. The Labute approximate surface area is 96.8 Å². The molecule has 1 saturated carbocycles. The van der Waals surface area contributed by atoms with Gasteiger partial charge in [0.25, 0.3) is 0 Å². The molecule has 3 atom stereocenters. The quantitative estimate of drug-likeness (QED) is 0.639. The van der Waals surface area contributed by atoms with E-state index in [1.165, 1.54) is 0 Å². The van der Waals surface area contributed by atoms with Crippen molar-refractivity contribution in [1.29, 1.82) is 0 Å². The second kappa shape index (κ2) is 5.64. The smallest absolute Gasteiger partial charge is 0.224 e. The number of hydrogen-bond acceptors (Lipinski definition) is 3. The average molecular weight is 226 g/mol. The Morgan fingerprint density at radius 3 is 2.69 bits per heavy atom. The minimum atomic E-state index is -0.339. The van der Waals surface area contributed by atoms with Gasteiger partial charge in [0.05, 0.1) is 18.1 Å². The van der Waals surface area contributed by atoms with E-state index >= 15 is 0 Å². The van der Waals surface area contributed by atoms with Crippen molar-refractivity contribution in [3.05, 3.63) is 0 Å². The Bertz CT molecular complexity index is 239. The fourth-order valence-corrected chi connectivity index (χ4v) is 2.66. The number of aliphatic hydroxyl groups is 1. The lowest BCUT2D eigenvalue weighted by atomic mass is 9.91. The third-order valence-corrected chi connectivity index (χ3v) is 3.72. The van der Waals surface area contributed by atoms with Crippen molar-refractivity contribution in [2.24, 2.45) is 5.92 Å². The van der Waals surface area contributed by atoms with Gasteiger partial charge in [-0.15, -0.1) is 0 Å². The van der Waals surface area contributed by atoms with Crippen LogP contribution < -0.4 is 10.6 Å². The van der Waals surface area contributed by atoms with E-state index < -0.39 is 0 Å². The van der Waals surface area contributed by atoms with E-state index in [0.717, 1.165) is 51.6 Å². The van der Waals surface area contributed by atoms with Crippen LogP contribution in [0.15, 0.2) is 0 Å². The molecule has 2 aliphatic rings. The maximum Gasteiger partial charge on any atom is 0.224 e. The number of hydrogen-bond donors (Lipinski definition) is 3. The first-order chi connectivity index (χ1) is 7.77. The van der Waals surface area contributed by atoms with Gasteiger partial charge < -0.3 is 15.7 Å². The Balaban J connectivity index is 1.80. The lowest BCUT2D eigenvalue weighted by Crippen LogP contribution is -2.49. The van der Waals surface area contributed by atoms with Crippen molar-refractivity contribution in [2.45, 2.75) is 50.7 Å². The van der Waals surface area contributed by atoms with Gasteiger partial charge in [-0.25, -0.2) is 0 Å². The molecule has 0 spiro atoms. The maximum absolute atomic E-state index is 11.9. The molecule has 1 amide bonds. The zero-order chi connectivity index (χ0) is 11.4. The molecule has 1 heterocycles. The molecule has 4 heteroatoms. The summed E-state index contributed by atoms with van der Waals surface area (Å²) in [6.07, 6.45) is 5.66. The first-order valence-electron chi connectivity index (χ1n) is 6.46. The Hall–Kier alpha value is -0.610. The molecule has 1 aliphatic carbocycles. The maximum atomic E-state index is 11.9. The lowest BCUT2D eigenvalue weighted by molar-refractivity contribution is -0.127. The molecular weight excluding hydrogens is 204 g/mol. The molecule has 3 N–H and O–H groups in total. The standard InChI is InChI=1S/C12H22N2O2/c15-11-6-2-1-5-10(11)14-12(16)9-4-3-7-13-8-9/h9-11,13,15H,1-8H2,(H,14,16)/t9?,10-,11-/m1/s1. The summed E-state index contributed by atoms with van der Waals surface area (Å²) in [6, 6.07) is -0.0109. The van der Waals surface area contributed by atoms with Crippen LogP contribution in [0.2, 0.25) is 0 Å². The number of nitrogens with one attached hydrogen (secondary N) is 2. The van der Waals surface area contributed by atoms with Gasteiger partial charge in [0.1, 0.15) is 0 Å². The zero-order valence-electron chi connectivity index (χ0n) is 9.74. The highest BCUT2D eigenvalue weighted by atomic mass is 16.3. The van der Waals surface area contributed by atoms with Gasteiger partial charge in [-0.1, -0.05) is 12.8 Å². The fourth-order valence-electron chi connectivity index (χ4n) is 2.66. The van der Waals surface area contributed by atoms with Gasteiger partial charge in [-0.05, 0) is 32.2 Å². The van der Waals surface area contributed by atoms with Crippen molar-refractivity contribution in [3.8, 4) is 0 Å². The number of aliphatic hydroxyl groups excluding tert-OH is 1. The van der Waals surface area contributed by atoms with Crippen LogP contribution in [0.4, 0.5) is 0 Å². The summed E-state index contributed by atoms with van der Waals surface area (Å²) in [5.41, 5.74) is 0. The van der Waals surface area contributed by atoms with E-state index in [1.54, 1.807) is 0 Å². The van der Waals surface area contributed by atoms with E-state index in [4.69, 9.17) is 0 Å². The third kappa shape index (κ3) is 2.95. The van der Waals surface area contributed by atoms with E-state index in [0.29, 0.717) is 0 Å². The van der Waals surface area contributed by atoms with Gasteiger partial charge in [0.2, 0.25) is 5.91 Å². The molecular formula is C12H22N2O2. The molecule has 1 saturated heterocycles. The minimum Gasteiger partial charge on any atom is -0.391 e. The van der Waals surface area contributed by atoms with Crippen LogP contribution in [0.25, 0.3) is 0 Å². The van der Waals surface area contributed by atoms with Gasteiger partial charge in [-0.3, -0.25) is 4.79 Å². The highest BCUT2D eigenvalue weighted by Crippen LogP contribution is 2.19. The molecule has 0 aromatic heterocycles. The van der Waals surface area contributed by atoms with Crippen molar-refractivity contribution in [1.82, 2.24) is 10.6 Å². The van der Waals surface area contributed by atoms with Crippen LogP contribution in [-0.2, 0) is 4.79 Å². The predicted octanol–water partition coefficient (Wildman–Crippen LogP) is 0.406. The van der Waals surface area contributed by atoms with Crippen LogP contribution >= 0.6 is 0 Å². The molecule has 0 bridgehead atoms. The number of amides is 1. The van der Waals surface area contributed by atoms with E-state index in [2.05, 4.69) is 10.6 Å². The van der Waals surface area contributed by atoms with Crippen LogP contribution in [0.5, 0.6) is 0 Å². The van der Waals surface area contributed by atoms with E-state index in [-0.39, 0.29) is 24.0 Å². The summed E-state index contributed by atoms with van der Waals surface area (Å²) < 4.78 is 0. The number of carbonyl (C=O) groups excluding carboxylic acids is 1. The highest BCUT2D eigenvalue weighted by molar-refractivity contribution is 5.79. The van der Waals surface area contributed by atoms with Crippen molar-refractivity contribution < 1.29 is 9.90 Å². The Morgan fingerprint density at radius 1 is 1.19 bits per heavy atom. The lowest BCUT2D eigenvalue weighted by Gasteiger charge is -2.31. The average Bonchev–Trinajstić information content (AvgIpc) is 2.33. The summed E-state index contributed by atoms with van der Waals surface area (Å²) in [5.74, 6) is 0.223. The molecule has 2 rings (SSSR count). The molecule has 0 aromatic carbocycles. The molecule has 0 radical (unpaired) electrons. The van der Waals surface area contributed by atoms with Gasteiger partial charge in [0.15, 0.2) is 0 Å². The van der Waals surface area contributed by atoms with Crippen molar-refractivity contribution in [2.75, 3.05) is 13.1 Å². The molecule has 92 valence electrons. The van der Waals surface area contributed by atoms with Crippen molar-refractivity contribution in [3.63, 3.8) is 0 Å². The summed E-state index contributed by atoms with van der Waals surface area (Å²) in [7, 11) is 0. The zero-order valence-corrected chi connectivity index (χ0v) is 9.74. The minimum absolute atomic E-state index is 0.0109. The second-order valence-electron chi connectivity index (χ2n) is 5.01. The number of carbonyl (C=O) groups is 1. The number of piperidine rings is 1. The van der Waals surface area contributed by atoms with Gasteiger partial charge in [0, 0.05) is 6.54 Å². The largest absolute Gasteiger partial charge is 0.391 e. The molecule has 16 heavy (non-hydrogen) atoms. The summed E-state index contributed by atoms with van der Waals surface area (Å²) in [5, 5.41) is 16.0. The Morgan fingerprint density at radius 2 is 2.00 bits per heavy atom. The van der Waals surface area contributed by atoms with Gasteiger partial charge >= 0.3 is 0 Å². The first kappa shape index (κ1) is 11.9. The van der Waals surface area contributed by atoms with E-state index in [1.807, 2.05) is 0 Å². The second-order valence-corrected chi connectivity index (χ2v) is 5.01. The highest BCUT2D eigenvalue weighted by Gasteiger charge is 2.28. The molecule has 1 unspecified atom stereocenters. The fraction of sp³-hybridized carbons (Fsp3) is 0.917. The summed E-state index contributed by atoms with van der Waals surface area (Å²) >= 11 is 0. The van der Waals surface area contributed by atoms with E-state index in [9.17, 15) is 9.90 Å². The van der Waals surface area contributed by atoms with Crippen LogP contribution in [-0.4, -0.2) is 36.2 Å². The topological polar surface area (TPSA) is 61.4 Å². The van der Waals surface area contributed by atoms with Crippen LogP contribution in [0.1, 0.15) is 38.5 Å². The normalized spacial score (nSPS) is 35.7. The molecule has 0 aromatic rings. The predicted molar refractivity (Wildman–Crippen MR) is 62.0 cm³/mol. The molecule has 1 aliphatic heterocycles. The van der Waals surface area contributed by atoms with Crippen molar-refractivity contribution >= 4 is 5.91 Å². The SMILES string of the molecule is O=C(N[C@@H]1CCCC[C@H]1O)C1CCCNC1. The molecule has 2 fully saturated rings. The first-order valence-corrected chi connectivity index (χ1v) is 6.46. The van der Waals surface area contributed by atoms with Crippen LogP contribution in [0, 0.1) is 5.92 Å². The Kier molecular flexibility index (Phi) is 4.18. The monoisotopic (exact) mass is 226 g/mol.